The number of aryl methyl sites for hydroxylation is 1. The van der Waals surface area contributed by atoms with E-state index in [1.54, 1.807) is 24.3 Å². The van der Waals surface area contributed by atoms with Crippen LogP contribution in [0.15, 0.2) is 42.5 Å². The zero-order valence-electron chi connectivity index (χ0n) is 10.9. The van der Waals surface area contributed by atoms with Crippen LogP contribution in [0.1, 0.15) is 11.1 Å². The third-order valence-electron chi connectivity index (χ3n) is 2.86. The number of hydrogen-bond acceptors (Lipinski definition) is 2. The molecule has 0 heterocycles. The Labute approximate surface area is 115 Å². The molecule has 0 saturated carbocycles. The van der Waals surface area contributed by atoms with Gasteiger partial charge in [-0.3, -0.25) is 0 Å². The quantitative estimate of drug-likeness (QED) is 0.879. The van der Waals surface area contributed by atoms with E-state index in [4.69, 9.17) is 0 Å². The number of ether oxygens (including phenoxy) is 1. The monoisotopic (exact) mass is 281 g/mol. The Balaban J connectivity index is 2.12. The minimum atomic E-state index is -2.87. The summed E-state index contributed by atoms with van der Waals surface area (Å²) in [5, 5.41) is 3.02. The van der Waals surface area contributed by atoms with Crippen molar-refractivity contribution in [1.82, 2.24) is 0 Å². The molecule has 0 fully saturated rings. The molecule has 2 aromatic rings. The molecule has 0 amide bonds. The van der Waals surface area contributed by atoms with Gasteiger partial charge in [-0.25, -0.2) is 4.39 Å². The van der Waals surface area contributed by atoms with Crippen LogP contribution in [0.5, 0.6) is 5.75 Å². The van der Waals surface area contributed by atoms with Crippen molar-refractivity contribution in [2.45, 2.75) is 20.1 Å². The van der Waals surface area contributed by atoms with E-state index in [9.17, 15) is 13.2 Å². The van der Waals surface area contributed by atoms with Crippen molar-refractivity contribution in [2.75, 3.05) is 5.32 Å². The highest BCUT2D eigenvalue weighted by Crippen LogP contribution is 2.23. The number of hydrogen-bond donors (Lipinski definition) is 1. The highest BCUT2D eigenvalue weighted by atomic mass is 19.3. The lowest BCUT2D eigenvalue weighted by Gasteiger charge is -2.13. The molecule has 0 aliphatic rings. The second-order valence-electron chi connectivity index (χ2n) is 4.30. The molecule has 0 aliphatic carbocycles. The fourth-order valence-corrected chi connectivity index (χ4v) is 1.84. The molecule has 106 valence electrons. The molecule has 20 heavy (non-hydrogen) atoms. The summed E-state index contributed by atoms with van der Waals surface area (Å²) in [6.07, 6.45) is 0. The molecule has 5 heteroatoms. The molecule has 2 aromatic carbocycles. The molecule has 2 nitrogen and oxygen atoms in total. The van der Waals surface area contributed by atoms with Crippen LogP contribution in [0.4, 0.5) is 18.9 Å². The molecule has 0 bridgehead atoms. The van der Waals surface area contributed by atoms with Crippen molar-refractivity contribution in [3.8, 4) is 5.75 Å². The minimum absolute atomic E-state index is 0.115. The number of anilines is 1. The molecule has 2 rings (SSSR count). The standard InChI is InChI=1S/C15H14F3NO/c1-10-6-7-12(16)8-13(10)19-9-11-4-2-3-5-14(11)20-15(17)18/h2-8,15,19H,9H2,1H3. The Morgan fingerprint density at radius 3 is 2.65 bits per heavy atom. The fourth-order valence-electron chi connectivity index (χ4n) is 1.84. The van der Waals surface area contributed by atoms with Gasteiger partial charge in [-0.05, 0) is 30.7 Å². The largest absolute Gasteiger partial charge is 0.434 e. The van der Waals surface area contributed by atoms with Gasteiger partial charge in [0.1, 0.15) is 11.6 Å². The summed E-state index contributed by atoms with van der Waals surface area (Å²) < 4.78 is 42.2. The third kappa shape index (κ3) is 3.66. The van der Waals surface area contributed by atoms with Crippen molar-refractivity contribution in [1.29, 1.82) is 0 Å². The van der Waals surface area contributed by atoms with E-state index in [0.29, 0.717) is 11.3 Å². The van der Waals surface area contributed by atoms with E-state index >= 15 is 0 Å². The van der Waals surface area contributed by atoms with Crippen LogP contribution in [0.25, 0.3) is 0 Å². The number of rotatable bonds is 5. The SMILES string of the molecule is Cc1ccc(F)cc1NCc1ccccc1OC(F)F. The first-order chi connectivity index (χ1) is 9.56. The minimum Gasteiger partial charge on any atom is -0.434 e. The maximum Gasteiger partial charge on any atom is 0.387 e. The van der Waals surface area contributed by atoms with E-state index in [0.717, 1.165) is 5.56 Å². The Morgan fingerprint density at radius 2 is 1.90 bits per heavy atom. The molecule has 0 atom stereocenters. The van der Waals surface area contributed by atoms with Crippen molar-refractivity contribution >= 4 is 5.69 Å². The van der Waals surface area contributed by atoms with Gasteiger partial charge in [0.15, 0.2) is 0 Å². The maximum atomic E-state index is 13.2. The first kappa shape index (κ1) is 14.2. The Morgan fingerprint density at radius 1 is 1.15 bits per heavy atom. The van der Waals surface area contributed by atoms with Crippen LogP contribution in [0.3, 0.4) is 0 Å². The van der Waals surface area contributed by atoms with E-state index in [1.165, 1.54) is 18.2 Å². The summed E-state index contributed by atoms with van der Waals surface area (Å²) >= 11 is 0. The van der Waals surface area contributed by atoms with E-state index < -0.39 is 6.61 Å². The van der Waals surface area contributed by atoms with Crippen LogP contribution >= 0.6 is 0 Å². The average molecular weight is 281 g/mol. The van der Waals surface area contributed by atoms with Crippen LogP contribution in [-0.2, 0) is 6.54 Å². The van der Waals surface area contributed by atoms with E-state index in [-0.39, 0.29) is 18.1 Å². The number of halogens is 3. The first-order valence-electron chi connectivity index (χ1n) is 6.09. The summed E-state index contributed by atoms with van der Waals surface area (Å²) in [4.78, 5) is 0. The van der Waals surface area contributed by atoms with Gasteiger partial charge in [-0.15, -0.1) is 0 Å². The van der Waals surface area contributed by atoms with Gasteiger partial charge < -0.3 is 10.1 Å². The second kappa shape index (κ2) is 6.32. The lowest BCUT2D eigenvalue weighted by atomic mass is 10.1. The Kier molecular flexibility index (Phi) is 4.50. The van der Waals surface area contributed by atoms with Crippen molar-refractivity contribution < 1.29 is 17.9 Å². The normalized spacial score (nSPS) is 10.7. The number of nitrogens with one attached hydrogen (secondary N) is 1. The Bertz CT molecular complexity index is 587. The zero-order chi connectivity index (χ0) is 14.5. The predicted molar refractivity (Wildman–Crippen MR) is 71.5 cm³/mol. The van der Waals surface area contributed by atoms with Crippen molar-refractivity contribution in [3.63, 3.8) is 0 Å². The summed E-state index contributed by atoms with van der Waals surface area (Å²) in [7, 11) is 0. The molecular weight excluding hydrogens is 267 g/mol. The van der Waals surface area contributed by atoms with Gasteiger partial charge in [0, 0.05) is 17.8 Å². The van der Waals surface area contributed by atoms with Crippen molar-refractivity contribution in [2.24, 2.45) is 0 Å². The summed E-state index contributed by atoms with van der Waals surface area (Å²) in [5.74, 6) is -0.237. The molecule has 0 aliphatic heterocycles. The molecule has 0 radical (unpaired) electrons. The summed E-state index contributed by atoms with van der Waals surface area (Å²) in [6.45, 7) is -0.761. The predicted octanol–water partition coefficient (Wildman–Crippen LogP) is 4.35. The van der Waals surface area contributed by atoms with Crippen molar-refractivity contribution in [3.05, 3.63) is 59.4 Å². The lowest BCUT2D eigenvalue weighted by Crippen LogP contribution is -2.07. The molecular formula is C15H14F3NO. The smallest absolute Gasteiger partial charge is 0.387 e. The average Bonchev–Trinajstić information content (AvgIpc) is 2.41. The zero-order valence-corrected chi connectivity index (χ0v) is 10.9. The van der Waals surface area contributed by atoms with Gasteiger partial charge in [0.25, 0.3) is 0 Å². The molecule has 0 aromatic heterocycles. The first-order valence-corrected chi connectivity index (χ1v) is 6.09. The summed E-state index contributed by atoms with van der Waals surface area (Å²) in [5.41, 5.74) is 2.08. The topological polar surface area (TPSA) is 21.3 Å². The highest BCUT2D eigenvalue weighted by Gasteiger charge is 2.09. The molecule has 0 spiro atoms. The fraction of sp³-hybridized carbons (Fsp3) is 0.200. The summed E-state index contributed by atoms with van der Waals surface area (Å²) in [6, 6.07) is 10.9. The van der Waals surface area contributed by atoms with Gasteiger partial charge in [-0.2, -0.15) is 8.78 Å². The van der Waals surface area contributed by atoms with E-state index in [1.807, 2.05) is 6.92 Å². The van der Waals surface area contributed by atoms with Gasteiger partial charge >= 0.3 is 6.61 Å². The molecule has 0 unspecified atom stereocenters. The lowest BCUT2D eigenvalue weighted by molar-refractivity contribution is -0.0504. The van der Waals surface area contributed by atoms with Crippen LogP contribution in [-0.4, -0.2) is 6.61 Å². The van der Waals surface area contributed by atoms with Gasteiger partial charge in [-0.1, -0.05) is 24.3 Å². The number of alkyl halides is 2. The van der Waals surface area contributed by atoms with Crippen LogP contribution in [0.2, 0.25) is 0 Å². The van der Waals surface area contributed by atoms with Crippen LogP contribution in [0, 0.1) is 12.7 Å². The second-order valence-corrected chi connectivity index (χ2v) is 4.30. The Hall–Kier alpha value is -2.17. The van der Waals surface area contributed by atoms with E-state index in [2.05, 4.69) is 10.1 Å². The number of benzene rings is 2. The van der Waals surface area contributed by atoms with Gasteiger partial charge in [0.05, 0.1) is 0 Å². The van der Waals surface area contributed by atoms with Crippen LogP contribution < -0.4 is 10.1 Å². The molecule has 0 saturated heterocycles. The van der Waals surface area contributed by atoms with Gasteiger partial charge in [0.2, 0.25) is 0 Å². The highest BCUT2D eigenvalue weighted by molar-refractivity contribution is 5.51. The third-order valence-corrected chi connectivity index (χ3v) is 2.86. The number of para-hydroxylation sites is 1. The molecule has 1 N–H and O–H groups in total. The maximum absolute atomic E-state index is 13.2.